The Balaban J connectivity index is 2.02. The van der Waals surface area contributed by atoms with Crippen LogP contribution in [0.1, 0.15) is 33.6 Å². The first-order chi connectivity index (χ1) is 10.8. The average Bonchev–Trinajstić information content (AvgIpc) is 2.97. The van der Waals surface area contributed by atoms with Crippen LogP contribution in [0.25, 0.3) is 0 Å². The maximum atomic E-state index is 12.1. The maximum Gasteiger partial charge on any atom is 0.243 e. The minimum Gasteiger partial charge on any atom is -0.370 e. The third-order valence-electron chi connectivity index (χ3n) is 3.77. The number of carbonyl (C=O) groups excluding carboxylic acids is 2. The van der Waals surface area contributed by atoms with Crippen molar-refractivity contribution in [3.05, 3.63) is 23.2 Å². The summed E-state index contributed by atoms with van der Waals surface area (Å²) in [5, 5.41) is 6.08. The zero-order valence-electron chi connectivity index (χ0n) is 13.9. The first-order valence-corrected chi connectivity index (χ1v) is 8.28. The molecule has 0 atom stereocenters. The SMILES string of the molecule is CC(C)(C)C(=O)NCC(=O)Nc1cc(Cl)ccc1N1CCCC1. The molecule has 0 aliphatic carbocycles. The molecule has 2 N–H and O–H groups in total. The number of halogens is 1. The standard InChI is InChI=1S/C17H24ClN3O2/c1-17(2,3)16(23)19-11-15(22)20-13-10-12(18)6-7-14(13)21-8-4-5-9-21/h6-7,10H,4-5,8-9,11H2,1-3H3,(H,19,23)(H,20,22). The molecule has 1 fully saturated rings. The van der Waals surface area contributed by atoms with E-state index in [1.807, 2.05) is 32.9 Å². The van der Waals surface area contributed by atoms with Crippen molar-refractivity contribution in [1.29, 1.82) is 0 Å². The average molecular weight is 338 g/mol. The van der Waals surface area contributed by atoms with E-state index in [-0.39, 0.29) is 18.4 Å². The molecule has 0 radical (unpaired) electrons. The van der Waals surface area contributed by atoms with Crippen molar-refractivity contribution in [1.82, 2.24) is 5.32 Å². The number of benzene rings is 1. The second-order valence-electron chi connectivity index (χ2n) is 6.84. The normalized spacial score (nSPS) is 14.7. The van der Waals surface area contributed by atoms with Crippen LogP contribution in [0.3, 0.4) is 0 Å². The van der Waals surface area contributed by atoms with Gasteiger partial charge in [-0.3, -0.25) is 9.59 Å². The van der Waals surface area contributed by atoms with E-state index in [1.165, 1.54) is 0 Å². The third-order valence-corrected chi connectivity index (χ3v) is 4.01. The van der Waals surface area contributed by atoms with Gasteiger partial charge in [0, 0.05) is 23.5 Å². The van der Waals surface area contributed by atoms with Crippen LogP contribution in [0, 0.1) is 5.41 Å². The van der Waals surface area contributed by atoms with Crippen LogP contribution in [-0.2, 0) is 9.59 Å². The Morgan fingerprint density at radius 2 is 1.87 bits per heavy atom. The van der Waals surface area contributed by atoms with Crippen molar-refractivity contribution in [3.8, 4) is 0 Å². The molecular weight excluding hydrogens is 314 g/mol. The zero-order chi connectivity index (χ0) is 17.0. The van der Waals surface area contributed by atoms with Crippen LogP contribution in [0.15, 0.2) is 18.2 Å². The highest BCUT2D eigenvalue weighted by molar-refractivity contribution is 6.31. The van der Waals surface area contributed by atoms with E-state index < -0.39 is 5.41 Å². The van der Waals surface area contributed by atoms with Gasteiger partial charge in [-0.05, 0) is 31.0 Å². The number of hydrogen-bond acceptors (Lipinski definition) is 3. The van der Waals surface area contributed by atoms with E-state index in [0.29, 0.717) is 10.7 Å². The molecule has 1 aliphatic heterocycles. The third kappa shape index (κ3) is 4.86. The first kappa shape index (κ1) is 17.6. The molecule has 1 aliphatic rings. The van der Waals surface area contributed by atoms with E-state index in [0.717, 1.165) is 31.6 Å². The molecule has 1 saturated heterocycles. The zero-order valence-corrected chi connectivity index (χ0v) is 14.7. The van der Waals surface area contributed by atoms with Crippen LogP contribution < -0.4 is 15.5 Å². The number of hydrogen-bond donors (Lipinski definition) is 2. The molecule has 0 unspecified atom stereocenters. The summed E-state index contributed by atoms with van der Waals surface area (Å²) in [4.78, 5) is 26.2. The van der Waals surface area contributed by atoms with Gasteiger partial charge in [0.1, 0.15) is 0 Å². The molecule has 1 aromatic rings. The first-order valence-electron chi connectivity index (χ1n) is 7.90. The lowest BCUT2D eigenvalue weighted by molar-refractivity contribution is -0.130. The summed E-state index contributed by atoms with van der Waals surface area (Å²) in [6.45, 7) is 7.33. The fourth-order valence-electron chi connectivity index (χ4n) is 2.46. The number of rotatable bonds is 4. The predicted octanol–water partition coefficient (Wildman–Crippen LogP) is 3.04. The summed E-state index contributed by atoms with van der Waals surface area (Å²) < 4.78 is 0. The van der Waals surface area contributed by atoms with Crippen LogP contribution in [-0.4, -0.2) is 31.4 Å². The van der Waals surface area contributed by atoms with Crippen LogP contribution >= 0.6 is 11.6 Å². The molecule has 0 aromatic heterocycles. The number of amides is 2. The lowest BCUT2D eigenvalue weighted by atomic mass is 9.96. The molecule has 126 valence electrons. The number of nitrogens with zero attached hydrogens (tertiary/aromatic N) is 1. The Kier molecular flexibility index (Phi) is 5.52. The van der Waals surface area contributed by atoms with Gasteiger partial charge in [0.05, 0.1) is 17.9 Å². The Bertz CT molecular complexity index is 590. The van der Waals surface area contributed by atoms with Crippen LogP contribution in [0.5, 0.6) is 0 Å². The van der Waals surface area contributed by atoms with Gasteiger partial charge in [0.15, 0.2) is 0 Å². The van der Waals surface area contributed by atoms with Crippen molar-refractivity contribution < 1.29 is 9.59 Å². The fourth-order valence-corrected chi connectivity index (χ4v) is 2.63. The highest BCUT2D eigenvalue weighted by atomic mass is 35.5. The molecule has 1 heterocycles. The molecule has 2 rings (SSSR count). The maximum absolute atomic E-state index is 12.1. The van der Waals surface area contributed by atoms with Crippen molar-refractivity contribution in [2.75, 3.05) is 29.9 Å². The van der Waals surface area contributed by atoms with Gasteiger partial charge in [0.25, 0.3) is 0 Å². The second kappa shape index (κ2) is 7.21. The Morgan fingerprint density at radius 1 is 1.22 bits per heavy atom. The molecule has 0 spiro atoms. The van der Waals surface area contributed by atoms with Crippen molar-refractivity contribution in [3.63, 3.8) is 0 Å². The van der Waals surface area contributed by atoms with Gasteiger partial charge < -0.3 is 15.5 Å². The molecule has 23 heavy (non-hydrogen) atoms. The predicted molar refractivity (Wildman–Crippen MR) is 94.0 cm³/mol. The van der Waals surface area contributed by atoms with Crippen molar-refractivity contribution >= 4 is 34.8 Å². The fraction of sp³-hybridized carbons (Fsp3) is 0.529. The molecule has 1 aromatic carbocycles. The summed E-state index contributed by atoms with van der Waals surface area (Å²) in [6, 6.07) is 5.50. The second-order valence-corrected chi connectivity index (χ2v) is 7.27. The molecule has 2 amide bonds. The van der Waals surface area contributed by atoms with Gasteiger partial charge in [0.2, 0.25) is 11.8 Å². The lowest BCUT2D eigenvalue weighted by Crippen LogP contribution is -2.39. The topological polar surface area (TPSA) is 61.4 Å². The van der Waals surface area contributed by atoms with Gasteiger partial charge in [-0.15, -0.1) is 0 Å². The van der Waals surface area contributed by atoms with Crippen molar-refractivity contribution in [2.45, 2.75) is 33.6 Å². The number of nitrogens with one attached hydrogen (secondary N) is 2. The van der Waals surface area contributed by atoms with Crippen LogP contribution in [0.2, 0.25) is 5.02 Å². The van der Waals surface area contributed by atoms with E-state index in [2.05, 4.69) is 15.5 Å². The summed E-state index contributed by atoms with van der Waals surface area (Å²) in [7, 11) is 0. The lowest BCUT2D eigenvalue weighted by Gasteiger charge is -2.22. The Morgan fingerprint density at radius 3 is 2.48 bits per heavy atom. The molecule has 5 nitrogen and oxygen atoms in total. The molecule has 6 heteroatoms. The summed E-state index contributed by atoms with van der Waals surface area (Å²) in [5.74, 6) is -0.413. The van der Waals surface area contributed by atoms with E-state index in [1.54, 1.807) is 6.07 Å². The highest BCUT2D eigenvalue weighted by Gasteiger charge is 2.22. The Labute approximate surface area is 142 Å². The number of anilines is 2. The van der Waals surface area contributed by atoms with Gasteiger partial charge in [-0.2, -0.15) is 0 Å². The molecule has 0 bridgehead atoms. The quantitative estimate of drug-likeness (QED) is 0.887. The van der Waals surface area contributed by atoms with E-state index in [4.69, 9.17) is 11.6 Å². The summed E-state index contributed by atoms with van der Waals surface area (Å²) >= 11 is 6.05. The van der Waals surface area contributed by atoms with Crippen LogP contribution in [0.4, 0.5) is 11.4 Å². The summed E-state index contributed by atoms with van der Waals surface area (Å²) in [5.41, 5.74) is 1.15. The largest absolute Gasteiger partial charge is 0.370 e. The van der Waals surface area contributed by atoms with Crippen molar-refractivity contribution in [2.24, 2.45) is 5.41 Å². The monoisotopic (exact) mass is 337 g/mol. The molecule has 0 saturated carbocycles. The highest BCUT2D eigenvalue weighted by Crippen LogP contribution is 2.31. The van der Waals surface area contributed by atoms with E-state index >= 15 is 0 Å². The van der Waals surface area contributed by atoms with Gasteiger partial charge in [-0.1, -0.05) is 32.4 Å². The van der Waals surface area contributed by atoms with Gasteiger partial charge in [-0.25, -0.2) is 0 Å². The molecular formula is C17H24ClN3O2. The minimum absolute atomic E-state index is 0.0535. The Hall–Kier alpha value is -1.75. The smallest absolute Gasteiger partial charge is 0.243 e. The van der Waals surface area contributed by atoms with E-state index in [9.17, 15) is 9.59 Å². The minimum atomic E-state index is -0.517. The van der Waals surface area contributed by atoms with Gasteiger partial charge >= 0.3 is 0 Å². The summed E-state index contributed by atoms with van der Waals surface area (Å²) in [6.07, 6.45) is 2.30. The number of carbonyl (C=O) groups is 2.